The number of aliphatic hydroxyl groups excluding tert-OH is 1. The number of hydrogen-bond donors (Lipinski definition) is 4. The second-order valence-electron chi connectivity index (χ2n) is 24.0. The molecule has 18 nitrogen and oxygen atoms in total. The first-order valence-electron chi connectivity index (χ1n) is 29.3. The van der Waals surface area contributed by atoms with Crippen molar-refractivity contribution in [2.45, 2.75) is 135 Å². The molecule has 4 aromatic heterocycles. The Balaban J connectivity index is 0.576. The minimum Gasteiger partial charge on any atom is -0.507 e. The summed E-state index contributed by atoms with van der Waals surface area (Å²) in [6.45, 7) is 18.7. The zero-order chi connectivity index (χ0) is 55.6. The number of hydrogen-bond acceptors (Lipinski definition) is 16. The van der Waals surface area contributed by atoms with Gasteiger partial charge in [0.05, 0.1) is 58.4 Å². The van der Waals surface area contributed by atoms with Gasteiger partial charge in [-0.1, -0.05) is 55.4 Å². The summed E-state index contributed by atoms with van der Waals surface area (Å²) in [5.41, 5.74) is 14.0. The number of likely N-dealkylation sites (tertiary alicyclic amines) is 3. The normalized spacial score (nSPS) is 23.1. The summed E-state index contributed by atoms with van der Waals surface area (Å²) in [5.74, 6) is 2.52. The third-order valence-electron chi connectivity index (χ3n) is 18.1. The van der Waals surface area contributed by atoms with Gasteiger partial charge in [0.25, 0.3) is 0 Å². The van der Waals surface area contributed by atoms with Crippen LogP contribution in [0.5, 0.6) is 5.75 Å². The molecule has 2 amide bonds. The average molecular weight is 1110 g/mol. The number of para-hydroxylation sites is 1. The van der Waals surface area contributed by atoms with Crippen molar-refractivity contribution in [1.29, 1.82) is 0 Å². The predicted octanol–water partition coefficient (Wildman–Crippen LogP) is 8.74. The van der Waals surface area contributed by atoms with E-state index in [1.54, 1.807) is 23.5 Å². The summed E-state index contributed by atoms with van der Waals surface area (Å²) in [7, 11) is 0. The molecule has 0 spiro atoms. The first-order chi connectivity index (χ1) is 38.7. The molecular weight excluding hydrogens is 1030 g/mol. The van der Waals surface area contributed by atoms with Gasteiger partial charge in [-0.15, -0.1) is 21.5 Å². The van der Waals surface area contributed by atoms with E-state index in [1.165, 1.54) is 30.8 Å². The van der Waals surface area contributed by atoms with Crippen LogP contribution < -0.4 is 16.0 Å². The number of nitrogens with two attached hydrogens (primary N) is 1. The number of thiazole rings is 1. The number of nitrogens with zero attached hydrogens (tertiary/aromatic N) is 10. The highest BCUT2D eigenvalue weighted by atomic mass is 32.1. The Bertz CT molecular complexity index is 3040. The van der Waals surface area contributed by atoms with Crippen molar-refractivity contribution < 1.29 is 29.1 Å². The Hall–Kier alpha value is -6.25. The Kier molecular flexibility index (Phi) is 17.0. The number of rotatable bonds is 18. The molecule has 1 saturated carbocycles. The Morgan fingerprint density at radius 2 is 1.51 bits per heavy atom. The highest BCUT2D eigenvalue weighted by Gasteiger charge is 2.44. The van der Waals surface area contributed by atoms with Crippen molar-refractivity contribution in [2.24, 2.45) is 23.7 Å². The molecule has 11 rings (SSSR count). The number of amides is 2. The highest BCUT2D eigenvalue weighted by molar-refractivity contribution is 7.13. The molecule has 0 bridgehead atoms. The number of piperidine rings is 3. The number of ether oxygens (including phenoxy) is 1. The van der Waals surface area contributed by atoms with Crippen molar-refractivity contribution in [3.8, 4) is 38.6 Å². The van der Waals surface area contributed by atoms with Gasteiger partial charge in [-0.2, -0.15) is 5.10 Å². The zero-order valence-corrected chi connectivity index (χ0v) is 47.9. The lowest BCUT2D eigenvalue weighted by atomic mass is 9.74. The van der Waals surface area contributed by atoms with Crippen LogP contribution in [0.25, 0.3) is 32.8 Å². The van der Waals surface area contributed by atoms with E-state index < -0.39 is 18.1 Å². The Morgan fingerprint density at radius 1 is 0.838 bits per heavy atom. The van der Waals surface area contributed by atoms with Crippen LogP contribution in [0.3, 0.4) is 0 Å². The SMILES string of the molecule is Cc1ncsc1-c1ccc([C@H](C)NC(=O)[C@@H]2C[C@@H](O)CN2C(=O)[C@@H](c2cc(N3CCC(OC4CCN(CC5CC(CN6CCC(C(C)n7cc(-c8cc(-c9ccccc9O)nnc8N)cn7)CC6)C5)CC4)CC3)no2)C(C)C)cc1. The van der Waals surface area contributed by atoms with Gasteiger partial charge in [0.15, 0.2) is 17.4 Å². The number of benzene rings is 2. The summed E-state index contributed by atoms with van der Waals surface area (Å²) in [5, 5.41) is 42.0. The van der Waals surface area contributed by atoms with E-state index in [4.69, 9.17) is 20.1 Å². The molecular formula is C61H80N12O6S. The van der Waals surface area contributed by atoms with Gasteiger partial charge in [0, 0.05) is 81.2 Å². The monoisotopic (exact) mass is 1110 g/mol. The van der Waals surface area contributed by atoms with Crippen molar-refractivity contribution >= 4 is 34.8 Å². The van der Waals surface area contributed by atoms with Gasteiger partial charge in [0.2, 0.25) is 11.8 Å². The van der Waals surface area contributed by atoms with E-state index >= 15 is 0 Å². The Morgan fingerprint density at radius 3 is 2.17 bits per heavy atom. The first-order valence-corrected chi connectivity index (χ1v) is 30.2. The van der Waals surface area contributed by atoms with Crippen LogP contribution in [-0.2, 0) is 14.3 Å². The maximum atomic E-state index is 14.4. The predicted molar refractivity (Wildman–Crippen MR) is 310 cm³/mol. The van der Waals surface area contributed by atoms with E-state index in [0.717, 1.165) is 128 Å². The molecule has 80 heavy (non-hydrogen) atoms. The van der Waals surface area contributed by atoms with Gasteiger partial charge in [0.1, 0.15) is 17.7 Å². The maximum absolute atomic E-state index is 14.4. The van der Waals surface area contributed by atoms with Gasteiger partial charge in [-0.05, 0) is 138 Å². The van der Waals surface area contributed by atoms with Crippen LogP contribution in [0.2, 0.25) is 0 Å². The van der Waals surface area contributed by atoms with E-state index in [0.29, 0.717) is 34.9 Å². The number of carbonyl (C=O) groups is 2. The fourth-order valence-electron chi connectivity index (χ4n) is 13.3. The van der Waals surface area contributed by atoms with Crippen LogP contribution in [0, 0.1) is 30.6 Å². The molecule has 426 valence electrons. The number of nitrogen functional groups attached to an aromatic ring is 1. The number of phenols is 1. The molecule has 5 aliphatic rings. The number of nitrogens with one attached hydrogen (secondary N) is 1. The third kappa shape index (κ3) is 12.5. The molecule has 0 radical (unpaired) electrons. The highest BCUT2D eigenvalue weighted by Crippen LogP contribution is 2.39. The average Bonchev–Trinajstić information content (AvgIpc) is 4.30. The lowest BCUT2D eigenvalue weighted by molar-refractivity contribution is -0.141. The summed E-state index contributed by atoms with van der Waals surface area (Å²) >= 11 is 1.60. The van der Waals surface area contributed by atoms with Gasteiger partial charge in [-0.25, -0.2) is 4.98 Å². The summed E-state index contributed by atoms with van der Waals surface area (Å²) < 4.78 is 14.8. The van der Waals surface area contributed by atoms with Gasteiger partial charge < -0.3 is 50.1 Å². The topological polar surface area (TPSA) is 217 Å². The van der Waals surface area contributed by atoms with Gasteiger partial charge in [-0.3, -0.25) is 14.3 Å². The maximum Gasteiger partial charge on any atom is 0.243 e. The quantitative estimate of drug-likeness (QED) is 0.0633. The largest absolute Gasteiger partial charge is 0.507 e. The number of phenolic OH excluding ortho intramolecular Hbond substituents is 1. The fraction of sp³-hybridized carbons (Fsp3) is 0.557. The van der Waals surface area contributed by atoms with Crippen molar-refractivity contribution in [1.82, 2.24) is 50.1 Å². The standard InChI is InChI=1S/C61H80N12O6S/c1-37(2)57(61(77)72-35-47(74)28-53(72)60(76)65-38(3)43-10-12-45(13-11-43)58-39(4)63-36-80-58)55-30-56(68-79-55)71-24-18-49(19-25-71)78-48-16-22-70(23-17-48)33-42-26-41(27-42)32-69-20-14-44(15-21-69)40(5)73-34-46(31-64-73)51-29-52(66-67-59(51)62)50-8-6-7-9-54(50)75/h6-13,29-31,34,36-38,40-42,44,47-49,53,57,74-75H,14-28,32-33,35H2,1-5H3,(H2,62,67)(H,65,76)/t38-,40?,41?,42?,47+,53-,57+/m0/s1. The van der Waals surface area contributed by atoms with E-state index in [9.17, 15) is 19.8 Å². The number of anilines is 2. The van der Waals surface area contributed by atoms with E-state index in [-0.39, 0.29) is 54.6 Å². The summed E-state index contributed by atoms with van der Waals surface area (Å²) in [6, 6.07) is 18.2. The molecule has 5 fully saturated rings. The van der Waals surface area contributed by atoms with Crippen LogP contribution in [-0.4, -0.2) is 150 Å². The fourth-order valence-corrected chi connectivity index (χ4v) is 14.1. The Labute approximate surface area is 474 Å². The molecule has 2 aromatic carbocycles. The van der Waals surface area contributed by atoms with Crippen molar-refractivity contribution in [2.75, 3.05) is 69.5 Å². The second-order valence-corrected chi connectivity index (χ2v) is 24.8. The summed E-state index contributed by atoms with van der Waals surface area (Å²) in [6.07, 6.45) is 12.7. The molecule has 1 aliphatic carbocycles. The molecule has 4 aliphatic heterocycles. The van der Waals surface area contributed by atoms with Crippen LogP contribution >= 0.6 is 11.3 Å². The minimum atomic E-state index is -0.800. The molecule has 19 heteroatoms. The molecule has 6 aromatic rings. The minimum absolute atomic E-state index is 0.0859. The van der Waals surface area contributed by atoms with Crippen molar-refractivity contribution in [3.63, 3.8) is 0 Å². The van der Waals surface area contributed by atoms with Crippen LogP contribution in [0.1, 0.15) is 121 Å². The third-order valence-corrected chi connectivity index (χ3v) is 19.1. The molecule has 5 N–H and O–H groups in total. The summed E-state index contributed by atoms with van der Waals surface area (Å²) in [4.78, 5) is 42.8. The molecule has 5 atom stereocenters. The molecule has 8 heterocycles. The number of β-amino-alcohol motifs (C(OH)–C–C–N with tert-alkyl or cyclic N) is 1. The molecule has 1 unspecified atom stereocenters. The second kappa shape index (κ2) is 24.5. The van der Waals surface area contributed by atoms with Gasteiger partial charge >= 0.3 is 0 Å². The number of aryl methyl sites for hydroxylation is 1. The zero-order valence-electron chi connectivity index (χ0n) is 47.1. The molecule has 4 saturated heterocycles. The number of aromatic hydroxyl groups is 1. The van der Waals surface area contributed by atoms with Crippen LogP contribution in [0.15, 0.2) is 83.1 Å². The number of aliphatic hydroxyl groups is 1. The lowest BCUT2D eigenvalue weighted by Gasteiger charge is -2.44. The van der Waals surface area contributed by atoms with E-state index in [1.807, 2.05) is 87.9 Å². The van der Waals surface area contributed by atoms with E-state index in [2.05, 4.69) is 58.2 Å². The first kappa shape index (κ1) is 55.6. The van der Waals surface area contributed by atoms with Crippen LogP contribution in [0.4, 0.5) is 11.6 Å². The number of carbonyl (C=O) groups excluding carboxylic acids is 2. The smallest absolute Gasteiger partial charge is 0.243 e. The van der Waals surface area contributed by atoms with Crippen molar-refractivity contribution in [3.05, 3.63) is 95.6 Å². The number of aromatic nitrogens is 6. The lowest BCUT2D eigenvalue weighted by Crippen LogP contribution is -2.48.